The van der Waals surface area contributed by atoms with Crippen molar-refractivity contribution in [2.45, 2.75) is 12.5 Å². The highest BCUT2D eigenvalue weighted by Gasteiger charge is 2.30. The Morgan fingerprint density at radius 1 is 1.05 bits per heavy atom. The lowest BCUT2D eigenvalue weighted by Crippen LogP contribution is -2.23. The third kappa shape index (κ3) is 2.06. The average molecular weight is 278 g/mol. The summed E-state index contributed by atoms with van der Waals surface area (Å²) in [6, 6.07) is 17.4. The summed E-state index contributed by atoms with van der Waals surface area (Å²) >= 11 is 0. The van der Waals surface area contributed by atoms with Gasteiger partial charge in [-0.15, -0.1) is 0 Å². The zero-order valence-electron chi connectivity index (χ0n) is 11.4. The van der Waals surface area contributed by atoms with Gasteiger partial charge in [-0.3, -0.25) is 4.79 Å². The molecule has 4 rings (SSSR count). The fraction of sp³-hybridized carbons (Fsp3) is 0.167. The number of ketones is 1. The van der Waals surface area contributed by atoms with Crippen LogP contribution in [0.5, 0.6) is 0 Å². The van der Waals surface area contributed by atoms with Crippen LogP contribution in [0.25, 0.3) is 11.0 Å². The maximum Gasteiger partial charge on any atom is 0.231 e. The standard InChI is InChI=1S/C18H14O3/c19-17(16-11-13-6-2-4-8-15(13)21-16)18-14-7-3-1-5-12(14)9-10-20-18/h1-8,11,18H,9-10H2. The molecule has 0 fully saturated rings. The Labute approximate surface area is 122 Å². The molecule has 0 bridgehead atoms. The molecule has 0 spiro atoms. The van der Waals surface area contributed by atoms with Gasteiger partial charge < -0.3 is 9.15 Å². The first-order valence-corrected chi connectivity index (χ1v) is 7.05. The molecule has 1 aliphatic rings. The van der Waals surface area contributed by atoms with Crippen LogP contribution in [0, 0.1) is 0 Å². The third-order valence-electron chi connectivity index (χ3n) is 3.90. The molecule has 1 aromatic heterocycles. The minimum absolute atomic E-state index is 0.113. The normalized spacial score (nSPS) is 17.6. The number of furan rings is 1. The molecule has 21 heavy (non-hydrogen) atoms. The highest BCUT2D eigenvalue weighted by atomic mass is 16.5. The minimum atomic E-state index is -0.560. The molecule has 1 atom stereocenters. The van der Waals surface area contributed by atoms with E-state index in [9.17, 15) is 4.79 Å². The quantitative estimate of drug-likeness (QED) is 0.667. The summed E-state index contributed by atoms with van der Waals surface area (Å²) in [6.45, 7) is 0.563. The van der Waals surface area contributed by atoms with Gasteiger partial charge in [0.15, 0.2) is 5.76 Å². The van der Waals surface area contributed by atoms with Gasteiger partial charge in [0.2, 0.25) is 5.78 Å². The number of rotatable bonds is 2. The SMILES string of the molecule is O=C(c1cc2ccccc2o1)C1OCCc2ccccc21. The second-order valence-electron chi connectivity index (χ2n) is 5.21. The summed E-state index contributed by atoms with van der Waals surface area (Å²) in [5, 5.41) is 0.935. The molecule has 0 aliphatic carbocycles. The largest absolute Gasteiger partial charge is 0.453 e. The van der Waals surface area contributed by atoms with Crippen molar-refractivity contribution >= 4 is 16.8 Å². The van der Waals surface area contributed by atoms with Crippen LogP contribution in [-0.4, -0.2) is 12.4 Å². The van der Waals surface area contributed by atoms with E-state index in [1.165, 1.54) is 5.56 Å². The summed E-state index contributed by atoms with van der Waals surface area (Å²) in [5.74, 6) is 0.247. The Kier molecular flexibility index (Phi) is 2.86. The number of fused-ring (bicyclic) bond motifs is 2. The molecule has 2 heterocycles. The van der Waals surface area contributed by atoms with Gasteiger partial charge in [-0.25, -0.2) is 0 Å². The van der Waals surface area contributed by atoms with Crippen molar-refractivity contribution in [2.75, 3.05) is 6.61 Å². The van der Waals surface area contributed by atoms with E-state index < -0.39 is 6.10 Å². The van der Waals surface area contributed by atoms with Gasteiger partial charge in [-0.1, -0.05) is 42.5 Å². The molecule has 1 unspecified atom stereocenters. The van der Waals surface area contributed by atoms with Crippen LogP contribution < -0.4 is 0 Å². The van der Waals surface area contributed by atoms with E-state index in [1.54, 1.807) is 6.07 Å². The van der Waals surface area contributed by atoms with Crippen LogP contribution in [0.3, 0.4) is 0 Å². The number of carbonyl (C=O) groups excluding carboxylic acids is 1. The number of carbonyl (C=O) groups is 1. The maximum absolute atomic E-state index is 12.7. The monoisotopic (exact) mass is 278 g/mol. The van der Waals surface area contributed by atoms with Gasteiger partial charge in [-0.2, -0.15) is 0 Å². The molecular weight excluding hydrogens is 264 g/mol. The predicted octanol–water partition coefficient (Wildman–Crippen LogP) is 3.93. The van der Waals surface area contributed by atoms with Crippen molar-refractivity contribution in [3.8, 4) is 0 Å². The molecule has 2 aromatic carbocycles. The molecule has 0 saturated carbocycles. The van der Waals surface area contributed by atoms with E-state index in [0.29, 0.717) is 12.4 Å². The van der Waals surface area contributed by atoms with Crippen LogP contribution in [0.1, 0.15) is 27.8 Å². The Hall–Kier alpha value is -2.39. The van der Waals surface area contributed by atoms with Gasteiger partial charge in [-0.05, 0) is 29.7 Å². The second-order valence-corrected chi connectivity index (χ2v) is 5.21. The first kappa shape index (κ1) is 12.4. The predicted molar refractivity (Wildman–Crippen MR) is 79.4 cm³/mol. The fourth-order valence-corrected chi connectivity index (χ4v) is 2.84. The van der Waals surface area contributed by atoms with Crippen LogP contribution >= 0.6 is 0 Å². The van der Waals surface area contributed by atoms with Gasteiger partial charge in [0, 0.05) is 5.39 Å². The van der Waals surface area contributed by atoms with Crippen LogP contribution in [0.15, 0.2) is 59.0 Å². The molecule has 0 radical (unpaired) electrons. The van der Waals surface area contributed by atoms with Crippen molar-refractivity contribution in [1.82, 2.24) is 0 Å². The summed E-state index contributed by atoms with van der Waals surface area (Å²) in [7, 11) is 0. The van der Waals surface area contributed by atoms with E-state index in [2.05, 4.69) is 6.07 Å². The molecule has 0 amide bonds. The molecule has 0 saturated heterocycles. The molecule has 3 heteroatoms. The van der Waals surface area contributed by atoms with Crippen molar-refractivity contribution in [3.05, 3.63) is 71.5 Å². The van der Waals surface area contributed by atoms with E-state index in [0.717, 1.165) is 23.0 Å². The van der Waals surface area contributed by atoms with Crippen molar-refractivity contribution in [1.29, 1.82) is 0 Å². The first-order valence-electron chi connectivity index (χ1n) is 7.05. The molecule has 3 nitrogen and oxygen atoms in total. The average Bonchev–Trinajstić information content (AvgIpc) is 2.97. The smallest absolute Gasteiger partial charge is 0.231 e. The summed E-state index contributed by atoms with van der Waals surface area (Å²) in [6.07, 6.45) is 0.288. The van der Waals surface area contributed by atoms with E-state index in [-0.39, 0.29) is 5.78 Å². The Morgan fingerprint density at radius 3 is 2.76 bits per heavy atom. The number of ether oxygens (including phenoxy) is 1. The minimum Gasteiger partial charge on any atom is -0.453 e. The lowest BCUT2D eigenvalue weighted by molar-refractivity contribution is 0.0328. The first-order chi connectivity index (χ1) is 10.3. The number of hydrogen-bond donors (Lipinski definition) is 0. The Bertz CT molecular complexity index is 783. The van der Waals surface area contributed by atoms with Crippen molar-refractivity contribution in [2.24, 2.45) is 0 Å². The number of para-hydroxylation sites is 1. The lowest BCUT2D eigenvalue weighted by Gasteiger charge is -2.24. The highest BCUT2D eigenvalue weighted by molar-refractivity contribution is 6.01. The summed E-state index contributed by atoms with van der Waals surface area (Å²) in [5.41, 5.74) is 2.86. The van der Waals surface area contributed by atoms with E-state index >= 15 is 0 Å². The maximum atomic E-state index is 12.7. The molecule has 1 aliphatic heterocycles. The zero-order valence-corrected chi connectivity index (χ0v) is 11.4. The van der Waals surface area contributed by atoms with Crippen molar-refractivity contribution in [3.63, 3.8) is 0 Å². The number of Topliss-reactive ketones (excluding diaryl/α,β-unsaturated/α-hetero) is 1. The molecule has 3 aromatic rings. The van der Waals surface area contributed by atoms with Gasteiger partial charge in [0.1, 0.15) is 11.7 Å². The van der Waals surface area contributed by atoms with Crippen LogP contribution in [0.2, 0.25) is 0 Å². The van der Waals surface area contributed by atoms with E-state index in [1.807, 2.05) is 42.5 Å². The molecule has 104 valence electrons. The number of hydrogen-bond acceptors (Lipinski definition) is 3. The molecule has 0 N–H and O–H groups in total. The number of benzene rings is 2. The highest BCUT2D eigenvalue weighted by Crippen LogP contribution is 2.31. The fourth-order valence-electron chi connectivity index (χ4n) is 2.84. The summed E-state index contributed by atoms with van der Waals surface area (Å²) < 4.78 is 11.4. The van der Waals surface area contributed by atoms with Gasteiger partial charge >= 0.3 is 0 Å². The molecular formula is C18H14O3. The van der Waals surface area contributed by atoms with Crippen LogP contribution in [0.4, 0.5) is 0 Å². The van der Waals surface area contributed by atoms with Gasteiger partial charge in [0.05, 0.1) is 6.61 Å². The summed E-state index contributed by atoms with van der Waals surface area (Å²) in [4.78, 5) is 12.7. The Morgan fingerprint density at radius 2 is 1.86 bits per heavy atom. The zero-order chi connectivity index (χ0) is 14.2. The second kappa shape index (κ2) is 4.86. The lowest BCUT2D eigenvalue weighted by atomic mass is 9.94. The topological polar surface area (TPSA) is 39.4 Å². The van der Waals surface area contributed by atoms with E-state index in [4.69, 9.17) is 9.15 Å². The van der Waals surface area contributed by atoms with Crippen molar-refractivity contribution < 1.29 is 13.9 Å². The Balaban J connectivity index is 1.75. The van der Waals surface area contributed by atoms with Crippen LogP contribution in [-0.2, 0) is 11.2 Å². The van der Waals surface area contributed by atoms with Gasteiger partial charge in [0.25, 0.3) is 0 Å². The third-order valence-corrected chi connectivity index (χ3v) is 3.90.